The second-order valence-corrected chi connectivity index (χ2v) is 11.5. The molecule has 0 aromatic carbocycles. The maximum Gasteiger partial charge on any atom is 0.330 e. The highest BCUT2D eigenvalue weighted by atomic mass is 16.6. The molecular weight excluding hydrogens is 468 g/mol. The molecule has 4 aliphatic rings. The lowest BCUT2D eigenvalue weighted by Crippen LogP contribution is -2.31. The molecule has 0 saturated heterocycles. The van der Waals surface area contributed by atoms with E-state index in [9.17, 15) is 15.0 Å². The Balaban J connectivity index is 1.44. The first-order valence-corrected chi connectivity index (χ1v) is 13.9. The van der Waals surface area contributed by atoms with Gasteiger partial charge < -0.3 is 24.4 Å². The van der Waals surface area contributed by atoms with Gasteiger partial charge in [0.2, 0.25) is 0 Å². The Morgan fingerprint density at radius 1 is 1.14 bits per heavy atom. The van der Waals surface area contributed by atoms with Gasteiger partial charge in [-0.1, -0.05) is 61.1 Å². The van der Waals surface area contributed by atoms with Crippen molar-refractivity contribution < 1.29 is 29.2 Å². The quantitative estimate of drug-likeness (QED) is 0.410. The van der Waals surface area contributed by atoms with Gasteiger partial charge in [-0.25, -0.2) is 4.79 Å². The van der Waals surface area contributed by atoms with E-state index in [4.69, 9.17) is 14.2 Å². The molecule has 1 aliphatic carbocycles. The van der Waals surface area contributed by atoms with E-state index in [0.29, 0.717) is 31.8 Å². The van der Waals surface area contributed by atoms with Gasteiger partial charge in [0.15, 0.2) is 0 Å². The molecule has 0 amide bonds. The van der Waals surface area contributed by atoms with E-state index < -0.39 is 24.3 Å². The topological polar surface area (TPSA) is 85.2 Å². The highest BCUT2D eigenvalue weighted by Crippen LogP contribution is 2.47. The third kappa shape index (κ3) is 8.78. The molecule has 6 nitrogen and oxygen atoms in total. The van der Waals surface area contributed by atoms with Crippen LogP contribution in [-0.2, 0) is 19.0 Å². The Kier molecular flexibility index (Phi) is 9.99. The maximum absolute atomic E-state index is 12.7. The molecule has 37 heavy (non-hydrogen) atoms. The Bertz CT molecular complexity index is 917. The predicted molar refractivity (Wildman–Crippen MR) is 144 cm³/mol. The summed E-state index contributed by atoms with van der Waals surface area (Å²) in [4.78, 5) is 12.7. The minimum Gasteiger partial charge on any atom is -0.456 e. The molecule has 0 aromatic rings. The first-order chi connectivity index (χ1) is 17.8. The van der Waals surface area contributed by atoms with Crippen molar-refractivity contribution in [3.63, 3.8) is 0 Å². The van der Waals surface area contributed by atoms with E-state index in [2.05, 4.69) is 38.7 Å². The fourth-order valence-electron chi connectivity index (χ4n) is 5.89. The maximum atomic E-state index is 12.7. The lowest BCUT2D eigenvalue weighted by molar-refractivity contribution is -0.148. The average Bonchev–Trinajstić information content (AvgIpc) is 3.61. The summed E-state index contributed by atoms with van der Waals surface area (Å²) in [6, 6.07) is 0. The number of ether oxygens (including phenoxy) is 3. The van der Waals surface area contributed by atoms with Gasteiger partial charge in [0.25, 0.3) is 0 Å². The number of esters is 1. The van der Waals surface area contributed by atoms with Crippen LogP contribution in [0.2, 0.25) is 0 Å². The largest absolute Gasteiger partial charge is 0.456 e. The van der Waals surface area contributed by atoms with E-state index in [1.165, 1.54) is 11.6 Å². The lowest BCUT2D eigenvalue weighted by atomic mass is 9.90. The summed E-state index contributed by atoms with van der Waals surface area (Å²) in [6.07, 6.45) is 17.0. The third-order valence-electron chi connectivity index (χ3n) is 7.98. The molecule has 2 N–H and O–H groups in total. The van der Waals surface area contributed by atoms with Crippen LogP contribution in [0.25, 0.3) is 0 Å². The number of aliphatic hydroxyl groups excluding tert-OH is 2. The van der Waals surface area contributed by atoms with Gasteiger partial charge >= 0.3 is 5.97 Å². The number of hydrogen-bond acceptors (Lipinski definition) is 6. The minimum absolute atomic E-state index is 0.0663. The van der Waals surface area contributed by atoms with Gasteiger partial charge in [-0.2, -0.15) is 0 Å². The van der Waals surface area contributed by atoms with Gasteiger partial charge in [-0.05, 0) is 76.0 Å². The van der Waals surface area contributed by atoms with Crippen molar-refractivity contribution in [2.24, 2.45) is 17.8 Å². The molecule has 1 fully saturated rings. The Morgan fingerprint density at radius 3 is 2.78 bits per heavy atom. The fourth-order valence-corrected chi connectivity index (χ4v) is 5.89. The normalized spacial score (nSPS) is 39.6. The molecule has 3 heterocycles. The van der Waals surface area contributed by atoms with Crippen molar-refractivity contribution in [2.45, 2.75) is 102 Å². The summed E-state index contributed by atoms with van der Waals surface area (Å²) in [5, 5.41) is 21.8. The van der Waals surface area contributed by atoms with Gasteiger partial charge in [-0.15, -0.1) is 0 Å². The van der Waals surface area contributed by atoms with Crippen LogP contribution in [0.5, 0.6) is 0 Å². The Labute approximate surface area is 221 Å². The van der Waals surface area contributed by atoms with E-state index in [1.54, 1.807) is 12.2 Å². The van der Waals surface area contributed by atoms with Crippen molar-refractivity contribution in [3.8, 4) is 0 Å². The van der Waals surface area contributed by atoms with Crippen molar-refractivity contribution in [3.05, 3.63) is 60.3 Å². The Morgan fingerprint density at radius 2 is 1.97 bits per heavy atom. The van der Waals surface area contributed by atoms with E-state index in [0.717, 1.165) is 37.7 Å². The lowest BCUT2D eigenvalue weighted by Gasteiger charge is -2.28. The summed E-state index contributed by atoms with van der Waals surface area (Å²) in [5.41, 5.74) is 2.33. The highest BCUT2D eigenvalue weighted by Gasteiger charge is 2.44. The van der Waals surface area contributed by atoms with Crippen molar-refractivity contribution in [1.29, 1.82) is 0 Å². The average molecular weight is 513 g/mol. The molecule has 0 aromatic heterocycles. The zero-order valence-corrected chi connectivity index (χ0v) is 22.3. The van der Waals surface area contributed by atoms with E-state index in [-0.39, 0.29) is 30.1 Å². The van der Waals surface area contributed by atoms with Crippen LogP contribution in [0.4, 0.5) is 0 Å². The van der Waals surface area contributed by atoms with Crippen LogP contribution in [0.1, 0.15) is 65.2 Å². The number of cyclic esters (lactones) is 1. The van der Waals surface area contributed by atoms with Crippen LogP contribution in [0.3, 0.4) is 0 Å². The number of rotatable bonds is 3. The van der Waals surface area contributed by atoms with Crippen molar-refractivity contribution in [1.82, 2.24) is 0 Å². The highest BCUT2D eigenvalue weighted by molar-refractivity contribution is 5.82. The fraction of sp³-hybridized carbons (Fsp3) is 0.645. The van der Waals surface area contributed by atoms with Crippen LogP contribution in [-0.4, -0.2) is 59.4 Å². The molecule has 1 saturated carbocycles. The zero-order chi connectivity index (χ0) is 26.4. The van der Waals surface area contributed by atoms with Crippen molar-refractivity contribution in [2.75, 3.05) is 6.61 Å². The van der Waals surface area contributed by atoms with Gasteiger partial charge in [0.05, 0.1) is 31.0 Å². The van der Waals surface area contributed by atoms with E-state index in [1.807, 2.05) is 6.08 Å². The molecule has 0 spiro atoms. The monoisotopic (exact) mass is 512 g/mol. The number of carbonyl (C=O) groups is 1. The van der Waals surface area contributed by atoms with Crippen LogP contribution in [0.15, 0.2) is 60.3 Å². The predicted octanol–water partition coefficient (Wildman–Crippen LogP) is 4.97. The number of carbonyl (C=O) groups excluding carboxylic acids is 1. The second kappa shape index (κ2) is 13.2. The van der Waals surface area contributed by atoms with Crippen LogP contribution < -0.4 is 0 Å². The van der Waals surface area contributed by atoms with Crippen LogP contribution in [0, 0.1) is 17.8 Å². The first kappa shape index (κ1) is 28.0. The van der Waals surface area contributed by atoms with Crippen molar-refractivity contribution >= 4 is 5.97 Å². The smallest absolute Gasteiger partial charge is 0.330 e. The SMILES string of the molecule is C=C1C[C@H](C)C[C@@H]2CC=C[C@@H](C/C=C\C(=O)O[C@H]([C@@H](O)/C=C/[C@@H]3CC(C)=CCO3)C[C@H]3C[C@H]3[C@@H](O)C1)O2. The Hall–Kier alpha value is -1.99. The molecule has 2 bridgehead atoms. The molecule has 6 heteroatoms. The number of hydrogen-bond donors (Lipinski definition) is 2. The number of aliphatic hydroxyl groups is 2. The summed E-state index contributed by atoms with van der Waals surface area (Å²) < 4.78 is 17.7. The summed E-state index contributed by atoms with van der Waals surface area (Å²) in [7, 11) is 0. The molecule has 3 aliphatic heterocycles. The van der Waals surface area contributed by atoms with E-state index >= 15 is 0 Å². The first-order valence-electron chi connectivity index (χ1n) is 13.9. The minimum atomic E-state index is -0.947. The summed E-state index contributed by atoms with van der Waals surface area (Å²) >= 11 is 0. The number of fused-ring (bicyclic) bond motifs is 3. The molecule has 9 atom stereocenters. The second-order valence-electron chi connectivity index (χ2n) is 11.5. The molecule has 0 radical (unpaired) electrons. The van der Waals surface area contributed by atoms with Gasteiger partial charge in [-0.3, -0.25) is 0 Å². The molecule has 204 valence electrons. The molecule has 0 unspecified atom stereocenters. The van der Waals surface area contributed by atoms with Gasteiger partial charge in [0.1, 0.15) is 12.2 Å². The standard InChI is InChI=1S/C31H44O6/c1-20-12-13-35-25(15-20)10-11-28(32)30-19-23-18-27(23)29(33)17-22(3)14-21(2)16-26-8-4-6-24(36-26)7-5-9-31(34)37-30/h4-6,9-12,21,23-30,32-33H,3,7-8,13-19H2,1-2H3/b9-5-,11-10+/t21-,23+,24-,25+,26-,27+,28-,29-,30-/m0/s1. The van der Waals surface area contributed by atoms with Gasteiger partial charge in [0, 0.05) is 6.08 Å². The molecule has 4 rings (SSSR count). The molecular formula is C31H44O6. The zero-order valence-electron chi connectivity index (χ0n) is 22.3. The summed E-state index contributed by atoms with van der Waals surface area (Å²) in [6.45, 7) is 9.10. The summed E-state index contributed by atoms with van der Waals surface area (Å²) in [5.74, 6) is 0.302. The van der Waals surface area contributed by atoms with Crippen LogP contribution >= 0.6 is 0 Å². The third-order valence-corrected chi connectivity index (χ3v) is 7.98.